The first-order chi connectivity index (χ1) is 12.3. The Labute approximate surface area is 146 Å². The van der Waals surface area contributed by atoms with Gasteiger partial charge in [-0.15, -0.1) is 0 Å². The van der Waals surface area contributed by atoms with Gasteiger partial charge in [0, 0.05) is 18.7 Å². The molecule has 0 spiro atoms. The second kappa shape index (κ2) is 6.62. The highest BCUT2D eigenvalue weighted by Gasteiger charge is 2.34. The van der Waals surface area contributed by atoms with Crippen LogP contribution in [0.2, 0.25) is 0 Å². The lowest BCUT2D eigenvalue weighted by Crippen LogP contribution is -2.38. The zero-order chi connectivity index (χ0) is 18.9. The Morgan fingerprint density at radius 1 is 0.923 bits per heavy atom. The molecule has 2 aromatic carbocycles. The largest absolute Gasteiger partial charge is 0.416 e. The minimum absolute atomic E-state index is 0.00861. The minimum Gasteiger partial charge on any atom is -0.350 e. The van der Waals surface area contributed by atoms with Crippen molar-refractivity contribution < 1.29 is 27.6 Å². The summed E-state index contributed by atoms with van der Waals surface area (Å²) in [6.07, 6.45) is -4.47. The van der Waals surface area contributed by atoms with Gasteiger partial charge in [-0.25, -0.2) is 0 Å². The van der Waals surface area contributed by atoms with E-state index >= 15 is 0 Å². The molecule has 134 valence electrons. The molecule has 0 fully saturated rings. The van der Waals surface area contributed by atoms with Gasteiger partial charge in [-0.1, -0.05) is 12.1 Å². The third-order valence-electron chi connectivity index (χ3n) is 3.97. The van der Waals surface area contributed by atoms with Gasteiger partial charge in [-0.3, -0.25) is 19.3 Å². The van der Waals surface area contributed by atoms with Crippen LogP contribution in [0.15, 0.2) is 48.5 Å². The standard InChI is InChI=1S/C18H13F3N2O3/c19-18(20,21)12-7-5-11(6-8-12)15(24)22-9-10-23-16(25)13-3-1-2-4-14(13)17(23)26/h1-8H,9-10H2,(H,22,24). The molecule has 0 saturated heterocycles. The van der Waals surface area contributed by atoms with Gasteiger partial charge >= 0.3 is 6.18 Å². The summed E-state index contributed by atoms with van der Waals surface area (Å²) in [6, 6.07) is 10.2. The number of imide groups is 1. The second-order valence-electron chi connectivity index (χ2n) is 5.64. The molecule has 1 aliphatic heterocycles. The van der Waals surface area contributed by atoms with Crippen LogP contribution < -0.4 is 5.32 Å². The van der Waals surface area contributed by atoms with Crippen molar-refractivity contribution in [2.75, 3.05) is 13.1 Å². The molecule has 26 heavy (non-hydrogen) atoms. The fraction of sp³-hybridized carbons (Fsp3) is 0.167. The molecule has 0 saturated carbocycles. The molecule has 0 unspecified atom stereocenters. The quantitative estimate of drug-likeness (QED) is 0.851. The van der Waals surface area contributed by atoms with Crippen LogP contribution in [0.1, 0.15) is 36.6 Å². The number of carbonyl (C=O) groups is 3. The molecule has 1 N–H and O–H groups in total. The van der Waals surface area contributed by atoms with Crippen LogP contribution in [0.3, 0.4) is 0 Å². The second-order valence-corrected chi connectivity index (χ2v) is 5.64. The van der Waals surface area contributed by atoms with E-state index in [4.69, 9.17) is 0 Å². The van der Waals surface area contributed by atoms with Crippen molar-refractivity contribution in [3.05, 3.63) is 70.8 Å². The van der Waals surface area contributed by atoms with E-state index in [1.54, 1.807) is 24.3 Å². The highest BCUT2D eigenvalue weighted by Crippen LogP contribution is 2.29. The Morgan fingerprint density at radius 2 is 1.46 bits per heavy atom. The van der Waals surface area contributed by atoms with Crippen molar-refractivity contribution in [3.8, 4) is 0 Å². The van der Waals surface area contributed by atoms with Crippen molar-refractivity contribution in [1.29, 1.82) is 0 Å². The first-order valence-corrected chi connectivity index (χ1v) is 7.70. The number of alkyl halides is 3. The van der Waals surface area contributed by atoms with Gasteiger partial charge in [0.25, 0.3) is 17.7 Å². The maximum Gasteiger partial charge on any atom is 0.416 e. The molecular formula is C18H13F3N2O3. The van der Waals surface area contributed by atoms with Crippen LogP contribution in [0, 0.1) is 0 Å². The smallest absolute Gasteiger partial charge is 0.350 e. The zero-order valence-electron chi connectivity index (χ0n) is 13.3. The molecule has 3 amide bonds. The lowest BCUT2D eigenvalue weighted by Gasteiger charge is -2.14. The first kappa shape index (κ1) is 17.7. The van der Waals surface area contributed by atoms with Gasteiger partial charge in [0.1, 0.15) is 0 Å². The predicted molar refractivity (Wildman–Crippen MR) is 85.6 cm³/mol. The molecule has 5 nitrogen and oxygen atoms in total. The monoisotopic (exact) mass is 362 g/mol. The van der Waals surface area contributed by atoms with Crippen molar-refractivity contribution in [3.63, 3.8) is 0 Å². The number of benzene rings is 2. The van der Waals surface area contributed by atoms with Gasteiger partial charge in [0.2, 0.25) is 0 Å². The number of fused-ring (bicyclic) bond motifs is 1. The fourth-order valence-corrected chi connectivity index (χ4v) is 2.64. The van der Waals surface area contributed by atoms with Crippen molar-refractivity contribution in [2.45, 2.75) is 6.18 Å². The number of nitrogens with one attached hydrogen (secondary N) is 1. The Kier molecular flexibility index (Phi) is 4.50. The summed E-state index contributed by atoms with van der Waals surface area (Å²) in [5, 5.41) is 2.49. The zero-order valence-corrected chi connectivity index (χ0v) is 13.3. The van der Waals surface area contributed by atoms with Crippen LogP contribution >= 0.6 is 0 Å². The van der Waals surface area contributed by atoms with Gasteiger partial charge in [-0.05, 0) is 36.4 Å². The average molecular weight is 362 g/mol. The summed E-state index contributed by atoms with van der Waals surface area (Å²) >= 11 is 0. The molecule has 0 aliphatic carbocycles. The number of rotatable bonds is 4. The van der Waals surface area contributed by atoms with E-state index in [-0.39, 0.29) is 18.7 Å². The van der Waals surface area contributed by atoms with E-state index < -0.39 is 29.5 Å². The SMILES string of the molecule is O=C(NCCN1C(=O)c2ccccc2C1=O)c1ccc(C(F)(F)F)cc1. The van der Waals surface area contributed by atoms with Crippen LogP contribution in [0.25, 0.3) is 0 Å². The molecule has 1 heterocycles. The van der Waals surface area contributed by atoms with E-state index in [1.165, 1.54) is 0 Å². The van der Waals surface area contributed by atoms with Gasteiger partial charge in [0.15, 0.2) is 0 Å². The summed E-state index contributed by atoms with van der Waals surface area (Å²) in [7, 11) is 0. The van der Waals surface area contributed by atoms with Gasteiger partial charge in [-0.2, -0.15) is 13.2 Å². The first-order valence-electron chi connectivity index (χ1n) is 7.70. The molecule has 3 rings (SSSR count). The summed E-state index contributed by atoms with van der Waals surface area (Å²) in [6.45, 7) is -0.0377. The Hall–Kier alpha value is -3.16. The van der Waals surface area contributed by atoms with E-state index in [2.05, 4.69) is 5.32 Å². The van der Waals surface area contributed by atoms with Crippen LogP contribution in [0.4, 0.5) is 13.2 Å². The summed E-state index contributed by atoms with van der Waals surface area (Å²) in [4.78, 5) is 37.3. The van der Waals surface area contributed by atoms with Gasteiger partial charge in [0.05, 0.1) is 16.7 Å². The number of hydrogen-bond acceptors (Lipinski definition) is 3. The average Bonchev–Trinajstić information content (AvgIpc) is 2.86. The highest BCUT2D eigenvalue weighted by atomic mass is 19.4. The maximum atomic E-state index is 12.5. The van der Waals surface area contributed by atoms with Crippen molar-refractivity contribution in [2.24, 2.45) is 0 Å². The number of nitrogens with zero attached hydrogens (tertiary/aromatic N) is 1. The van der Waals surface area contributed by atoms with E-state index in [0.29, 0.717) is 11.1 Å². The number of hydrogen-bond donors (Lipinski definition) is 1. The lowest BCUT2D eigenvalue weighted by atomic mass is 10.1. The topological polar surface area (TPSA) is 66.5 Å². The Balaban J connectivity index is 1.58. The van der Waals surface area contributed by atoms with E-state index in [9.17, 15) is 27.6 Å². The lowest BCUT2D eigenvalue weighted by molar-refractivity contribution is -0.137. The fourth-order valence-electron chi connectivity index (χ4n) is 2.64. The predicted octanol–water partition coefficient (Wildman–Crippen LogP) is 2.73. The van der Waals surface area contributed by atoms with Gasteiger partial charge < -0.3 is 5.32 Å². The van der Waals surface area contributed by atoms with E-state index in [1.807, 2.05) is 0 Å². The van der Waals surface area contributed by atoms with Crippen LogP contribution in [-0.4, -0.2) is 35.7 Å². The summed E-state index contributed by atoms with van der Waals surface area (Å²) in [5.41, 5.74) is -0.168. The molecule has 0 aromatic heterocycles. The van der Waals surface area contributed by atoms with Crippen LogP contribution in [-0.2, 0) is 6.18 Å². The van der Waals surface area contributed by atoms with Crippen LogP contribution in [0.5, 0.6) is 0 Å². The van der Waals surface area contributed by atoms with Crippen molar-refractivity contribution in [1.82, 2.24) is 10.2 Å². The number of amides is 3. The summed E-state index contributed by atoms with van der Waals surface area (Å²) in [5.74, 6) is -1.46. The third kappa shape index (κ3) is 3.30. The third-order valence-corrected chi connectivity index (χ3v) is 3.97. The molecule has 2 aromatic rings. The normalized spacial score (nSPS) is 13.7. The van der Waals surface area contributed by atoms with Crippen molar-refractivity contribution >= 4 is 17.7 Å². The molecule has 0 bridgehead atoms. The molecule has 8 heteroatoms. The molecule has 0 atom stereocenters. The molecular weight excluding hydrogens is 349 g/mol. The minimum atomic E-state index is -4.47. The number of halogens is 3. The highest BCUT2D eigenvalue weighted by molar-refractivity contribution is 6.21. The maximum absolute atomic E-state index is 12.5. The number of carbonyl (C=O) groups excluding carboxylic acids is 3. The Morgan fingerprint density at radius 3 is 1.96 bits per heavy atom. The van der Waals surface area contributed by atoms with E-state index in [0.717, 1.165) is 29.2 Å². The molecule has 1 aliphatic rings. The Bertz CT molecular complexity index is 841. The molecule has 0 radical (unpaired) electrons. The summed E-state index contributed by atoms with van der Waals surface area (Å²) < 4.78 is 37.5.